The van der Waals surface area contributed by atoms with Crippen molar-refractivity contribution in [2.75, 3.05) is 20.6 Å². The second kappa shape index (κ2) is 6.79. The molecule has 0 saturated heterocycles. The zero-order chi connectivity index (χ0) is 21.0. The molecule has 148 valence electrons. The molecule has 4 aromatic rings. The molecule has 0 aliphatic carbocycles. The van der Waals surface area contributed by atoms with Crippen LogP contribution in [0.2, 0.25) is 0 Å². The molecule has 5 heteroatoms. The van der Waals surface area contributed by atoms with Crippen LogP contribution in [-0.4, -0.2) is 25.5 Å². The van der Waals surface area contributed by atoms with Gasteiger partial charge in [0.1, 0.15) is 24.4 Å². The van der Waals surface area contributed by atoms with Crippen LogP contribution in [0, 0.1) is 23.5 Å². The van der Waals surface area contributed by atoms with Crippen molar-refractivity contribution in [3.8, 4) is 34.6 Å². The van der Waals surface area contributed by atoms with Gasteiger partial charge < -0.3 is 4.74 Å². The Hall–Kier alpha value is -3.49. The first-order valence-electron chi connectivity index (χ1n) is 9.64. The molecule has 5 rings (SSSR count). The van der Waals surface area contributed by atoms with E-state index in [-0.39, 0.29) is 11.6 Å². The quantitative estimate of drug-likeness (QED) is 0.228. The van der Waals surface area contributed by atoms with E-state index in [0.717, 1.165) is 21.9 Å². The molecule has 0 saturated carbocycles. The summed E-state index contributed by atoms with van der Waals surface area (Å²) >= 11 is 0. The topological polar surface area (TPSA) is 16.4 Å². The summed E-state index contributed by atoms with van der Waals surface area (Å²) in [5.74, 6) is 6.41. The number of nitrogens with zero attached hydrogens (tertiary/aromatic N) is 2. The van der Waals surface area contributed by atoms with Crippen molar-refractivity contribution >= 4 is 21.7 Å². The van der Waals surface area contributed by atoms with E-state index in [4.69, 9.17) is 4.74 Å². The molecule has 0 amide bonds. The Morgan fingerprint density at radius 1 is 1.00 bits per heavy atom. The predicted molar refractivity (Wildman–Crippen MR) is 113 cm³/mol. The zero-order valence-electron chi connectivity index (χ0n) is 16.9. The van der Waals surface area contributed by atoms with Gasteiger partial charge in [-0.3, -0.25) is 4.90 Å². The van der Waals surface area contributed by atoms with Crippen molar-refractivity contribution in [3.63, 3.8) is 0 Å². The maximum Gasteiger partial charge on any atom is 0.250 e. The lowest BCUT2D eigenvalue weighted by molar-refractivity contribution is -0.633. The summed E-state index contributed by atoms with van der Waals surface area (Å²) in [6.07, 6.45) is 0. The summed E-state index contributed by atoms with van der Waals surface area (Å²) in [5, 5.41) is 2.46. The summed E-state index contributed by atoms with van der Waals surface area (Å²) in [5.41, 5.74) is 2.11. The molecule has 0 N–H and O–H groups in total. The molecule has 1 aliphatic rings. The van der Waals surface area contributed by atoms with E-state index in [1.54, 1.807) is 23.7 Å². The van der Waals surface area contributed by atoms with E-state index in [1.807, 2.05) is 43.3 Å². The summed E-state index contributed by atoms with van der Waals surface area (Å²) < 4.78 is 37.5. The molecule has 0 spiro atoms. The number of aryl methyl sites for hydroxylation is 1. The van der Waals surface area contributed by atoms with Crippen LogP contribution in [0.1, 0.15) is 5.56 Å². The van der Waals surface area contributed by atoms with Crippen molar-refractivity contribution in [2.45, 2.75) is 0 Å². The lowest BCUT2D eigenvalue weighted by atomic mass is 9.95. The number of hydrogen-bond donors (Lipinski definition) is 0. The summed E-state index contributed by atoms with van der Waals surface area (Å²) in [6.45, 7) is 0.542. The Labute approximate surface area is 173 Å². The smallest absolute Gasteiger partial charge is 0.250 e. The van der Waals surface area contributed by atoms with Gasteiger partial charge >= 0.3 is 0 Å². The van der Waals surface area contributed by atoms with Gasteiger partial charge in [-0.25, -0.2) is 4.39 Å². The van der Waals surface area contributed by atoms with Crippen LogP contribution in [0.15, 0.2) is 48.5 Å². The SMILES string of the molecule is CN(C)CC#Cc1ccc2c3cccc4c3c([n+](C)c2c1F)-c1cc(F)ccc1O4. The monoisotopic (exact) mass is 401 g/mol. The van der Waals surface area contributed by atoms with Crippen molar-refractivity contribution in [1.82, 2.24) is 4.90 Å². The lowest BCUT2D eigenvalue weighted by Gasteiger charge is -2.20. The number of aromatic nitrogens is 1. The minimum atomic E-state index is -0.380. The molecular formula is C25H19F2N2O+. The average Bonchev–Trinajstić information content (AvgIpc) is 2.71. The van der Waals surface area contributed by atoms with Gasteiger partial charge in [0.05, 0.1) is 28.4 Å². The molecule has 1 aromatic heterocycles. The fourth-order valence-corrected chi connectivity index (χ4v) is 4.07. The number of halogens is 2. The highest BCUT2D eigenvalue weighted by Crippen LogP contribution is 2.46. The Morgan fingerprint density at radius 2 is 1.83 bits per heavy atom. The third-order valence-corrected chi connectivity index (χ3v) is 5.38. The molecule has 0 unspecified atom stereocenters. The van der Waals surface area contributed by atoms with Crippen molar-refractivity contribution in [3.05, 3.63) is 65.7 Å². The third kappa shape index (κ3) is 2.72. The van der Waals surface area contributed by atoms with E-state index >= 15 is 4.39 Å². The fourth-order valence-electron chi connectivity index (χ4n) is 4.07. The zero-order valence-corrected chi connectivity index (χ0v) is 16.9. The molecule has 0 fully saturated rings. The van der Waals surface area contributed by atoms with Gasteiger partial charge in [-0.2, -0.15) is 8.96 Å². The second-order valence-corrected chi connectivity index (χ2v) is 7.69. The third-order valence-electron chi connectivity index (χ3n) is 5.38. The molecule has 1 aliphatic heterocycles. The number of benzene rings is 3. The molecule has 0 atom stereocenters. The standard InChI is InChI=1S/C25H19F2N2O/c1-28(2)13-5-6-15-9-11-18-17-7-4-8-21-22(17)24(29(3)25(18)23(15)27)19-14-16(26)10-12-20(19)30-21/h4,7-12,14H,13H2,1-3H3/q+1. The highest BCUT2D eigenvalue weighted by molar-refractivity contribution is 6.12. The Balaban J connectivity index is 1.89. The minimum Gasteiger partial charge on any atom is -0.456 e. The van der Waals surface area contributed by atoms with Crippen LogP contribution in [-0.2, 0) is 7.05 Å². The average molecular weight is 401 g/mol. The van der Waals surface area contributed by atoms with Gasteiger partial charge in [0.2, 0.25) is 11.5 Å². The number of hydrogen-bond acceptors (Lipinski definition) is 2. The van der Waals surface area contributed by atoms with Crippen molar-refractivity contribution in [1.29, 1.82) is 0 Å². The first-order valence-corrected chi connectivity index (χ1v) is 9.64. The maximum atomic E-state index is 15.6. The van der Waals surface area contributed by atoms with Crippen LogP contribution in [0.3, 0.4) is 0 Å². The Morgan fingerprint density at radius 3 is 2.63 bits per heavy atom. The van der Waals surface area contributed by atoms with Crippen molar-refractivity contribution in [2.24, 2.45) is 7.05 Å². The molecule has 30 heavy (non-hydrogen) atoms. The largest absolute Gasteiger partial charge is 0.456 e. The van der Waals surface area contributed by atoms with E-state index in [2.05, 4.69) is 11.8 Å². The molecule has 0 radical (unpaired) electrons. The number of rotatable bonds is 1. The number of fused-ring (bicyclic) bond motifs is 4. The van der Waals surface area contributed by atoms with Crippen LogP contribution in [0.5, 0.6) is 11.5 Å². The molecular weight excluding hydrogens is 382 g/mol. The van der Waals surface area contributed by atoms with Crippen LogP contribution in [0.25, 0.3) is 32.9 Å². The number of pyridine rings is 1. The van der Waals surface area contributed by atoms with Gasteiger partial charge in [0, 0.05) is 5.39 Å². The van der Waals surface area contributed by atoms with Gasteiger partial charge in [-0.15, -0.1) is 0 Å². The molecule has 0 bridgehead atoms. The number of ether oxygens (including phenoxy) is 1. The highest BCUT2D eigenvalue weighted by atomic mass is 19.1. The molecule has 3 aromatic carbocycles. The van der Waals surface area contributed by atoms with Crippen LogP contribution >= 0.6 is 0 Å². The molecule has 2 heterocycles. The summed E-state index contributed by atoms with van der Waals surface area (Å²) in [4.78, 5) is 1.93. The van der Waals surface area contributed by atoms with Gasteiger partial charge in [-0.1, -0.05) is 24.0 Å². The predicted octanol–water partition coefficient (Wildman–Crippen LogP) is 4.78. The normalized spacial score (nSPS) is 11.9. The first kappa shape index (κ1) is 18.5. The lowest BCUT2D eigenvalue weighted by Crippen LogP contribution is -2.34. The van der Waals surface area contributed by atoms with Gasteiger partial charge in [0.15, 0.2) is 0 Å². The first-order chi connectivity index (χ1) is 14.5. The summed E-state index contributed by atoms with van der Waals surface area (Å²) in [7, 11) is 5.63. The van der Waals surface area contributed by atoms with Gasteiger partial charge in [-0.05, 0) is 50.5 Å². The fraction of sp³-hybridized carbons (Fsp3) is 0.160. The van der Waals surface area contributed by atoms with E-state index in [9.17, 15) is 4.39 Å². The minimum absolute atomic E-state index is 0.342. The highest BCUT2D eigenvalue weighted by Gasteiger charge is 2.32. The van der Waals surface area contributed by atoms with Gasteiger partial charge in [0.25, 0.3) is 5.52 Å². The van der Waals surface area contributed by atoms with Crippen LogP contribution in [0.4, 0.5) is 8.78 Å². The Kier molecular flexibility index (Phi) is 4.19. The maximum absolute atomic E-state index is 15.6. The summed E-state index contributed by atoms with van der Waals surface area (Å²) in [6, 6.07) is 13.7. The van der Waals surface area contributed by atoms with E-state index < -0.39 is 0 Å². The Bertz CT molecular complexity index is 1410. The van der Waals surface area contributed by atoms with Crippen molar-refractivity contribution < 1.29 is 18.1 Å². The second-order valence-electron chi connectivity index (χ2n) is 7.69. The van der Waals surface area contributed by atoms with E-state index in [1.165, 1.54) is 12.1 Å². The van der Waals surface area contributed by atoms with E-state index in [0.29, 0.717) is 34.7 Å². The molecule has 3 nitrogen and oxygen atoms in total. The van der Waals surface area contributed by atoms with Crippen LogP contribution < -0.4 is 9.30 Å².